The molecule has 4 rings (SSSR count). The van der Waals surface area contributed by atoms with E-state index in [-0.39, 0.29) is 23.8 Å². The van der Waals surface area contributed by atoms with E-state index in [1.165, 1.54) is 6.92 Å². The second-order valence-electron chi connectivity index (χ2n) is 8.22. The van der Waals surface area contributed by atoms with E-state index in [9.17, 15) is 14.4 Å². The molecule has 3 aromatic rings. The van der Waals surface area contributed by atoms with Gasteiger partial charge in [0.15, 0.2) is 0 Å². The van der Waals surface area contributed by atoms with Crippen LogP contribution in [0.15, 0.2) is 66.7 Å². The fraction of sp³-hybridized carbons (Fsp3) is 0.222. The fourth-order valence-electron chi connectivity index (χ4n) is 4.19. The van der Waals surface area contributed by atoms with Crippen molar-refractivity contribution in [2.75, 3.05) is 11.9 Å². The van der Waals surface area contributed by atoms with Crippen molar-refractivity contribution in [2.45, 2.75) is 32.2 Å². The van der Waals surface area contributed by atoms with Crippen LogP contribution in [0.1, 0.15) is 46.8 Å². The van der Waals surface area contributed by atoms with Crippen LogP contribution >= 0.6 is 0 Å². The topological polar surface area (TPSA) is 105 Å². The average molecular weight is 459 g/mol. The van der Waals surface area contributed by atoms with Gasteiger partial charge in [-0.1, -0.05) is 61.5 Å². The molecule has 0 radical (unpaired) electrons. The van der Waals surface area contributed by atoms with Crippen LogP contribution in [0, 0.1) is 0 Å². The molecule has 0 heterocycles. The molecule has 3 N–H and O–H groups in total. The van der Waals surface area contributed by atoms with Crippen LogP contribution in [0.3, 0.4) is 0 Å². The van der Waals surface area contributed by atoms with Crippen LogP contribution in [0.4, 0.5) is 10.5 Å². The Balaban J connectivity index is 1.50. The van der Waals surface area contributed by atoms with Gasteiger partial charge < -0.3 is 15.2 Å². The van der Waals surface area contributed by atoms with E-state index in [2.05, 4.69) is 22.8 Å². The molecule has 0 aromatic heterocycles. The molecule has 2 amide bonds. The van der Waals surface area contributed by atoms with Crippen LogP contribution in [0.5, 0.6) is 0 Å². The first-order valence-electron chi connectivity index (χ1n) is 11.2. The van der Waals surface area contributed by atoms with Crippen LogP contribution in [0.25, 0.3) is 11.1 Å². The number of ether oxygens (including phenoxy) is 1. The summed E-state index contributed by atoms with van der Waals surface area (Å²) >= 11 is 0. The number of aliphatic carboxylic acids is 1. The van der Waals surface area contributed by atoms with Crippen molar-refractivity contribution in [3.63, 3.8) is 0 Å². The van der Waals surface area contributed by atoms with E-state index < -0.39 is 24.0 Å². The lowest BCUT2D eigenvalue weighted by Gasteiger charge is -2.17. The molecule has 0 spiro atoms. The number of nitrogens with one attached hydrogen (secondary N) is 2. The first kappa shape index (κ1) is 23.0. The predicted molar refractivity (Wildman–Crippen MR) is 129 cm³/mol. The summed E-state index contributed by atoms with van der Waals surface area (Å²) in [6.45, 7) is 3.46. The number of carbonyl (C=O) groups excluding carboxylic acids is 2. The average Bonchev–Trinajstić information content (AvgIpc) is 3.16. The lowest BCUT2D eigenvalue weighted by molar-refractivity contribution is -0.138. The van der Waals surface area contributed by atoms with Crippen molar-refractivity contribution >= 4 is 23.7 Å². The Labute approximate surface area is 197 Å². The molecule has 0 bridgehead atoms. The summed E-state index contributed by atoms with van der Waals surface area (Å²) in [5.74, 6) is -1.81. The summed E-state index contributed by atoms with van der Waals surface area (Å²) in [4.78, 5) is 36.5. The Morgan fingerprint density at radius 1 is 0.971 bits per heavy atom. The largest absolute Gasteiger partial charge is 0.480 e. The van der Waals surface area contributed by atoms with Gasteiger partial charge in [-0.15, -0.1) is 0 Å². The molecule has 34 heavy (non-hydrogen) atoms. The van der Waals surface area contributed by atoms with Gasteiger partial charge in [0.05, 0.1) is 11.3 Å². The molecule has 1 aliphatic rings. The number of carboxylic acids is 1. The third kappa shape index (κ3) is 4.64. The lowest BCUT2D eigenvalue weighted by Crippen LogP contribution is -2.38. The molecule has 0 unspecified atom stereocenters. The number of fused-ring (bicyclic) bond motifs is 3. The minimum Gasteiger partial charge on any atom is -0.480 e. The Morgan fingerprint density at radius 3 is 2.18 bits per heavy atom. The Morgan fingerprint density at radius 2 is 1.59 bits per heavy atom. The zero-order chi connectivity index (χ0) is 24.2. The molecule has 1 aliphatic carbocycles. The van der Waals surface area contributed by atoms with E-state index in [0.717, 1.165) is 27.8 Å². The number of benzene rings is 3. The maximum absolute atomic E-state index is 12.7. The van der Waals surface area contributed by atoms with Crippen molar-refractivity contribution in [1.82, 2.24) is 5.32 Å². The molecule has 3 aromatic carbocycles. The van der Waals surface area contributed by atoms with Crippen molar-refractivity contribution < 1.29 is 24.2 Å². The summed E-state index contributed by atoms with van der Waals surface area (Å²) in [5, 5.41) is 14.2. The van der Waals surface area contributed by atoms with Crippen molar-refractivity contribution in [3.8, 4) is 11.1 Å². The maximum atomic E-state index is 12.7. The second kappa shape index (κ2) is 9.79. The number of hydrogen-bond donors (Lipinski definition) is 3. The highest BCUT2D eigenvalue weighted by molar-refractivity contribution is 6.04. The van der Waals surface area contributed by atoms with E-state index in [1.807, 2.05) is 43.3 Å². The summed E-state index contributed by atoms with van der Waals surface area (Å²) in [6, 6.07) is 20.1. The molecular weight excluding hydrogens is 432 g/mol. The minimum atomic E-state index is -1.15. The number of carboxylic acid groups (broad SMARTS) is 1. The monoisotopic (exact) mass is 458 g/mol. The molecular formula is C27H26N2O5. The van der Waals surface area contributed by atoms with E-state index in [1.54, 1.807) is 18.2 Å². The second-order valence-corrected chi connectivity index (χ2v) is 8.22. The Bertz CT molecular complexity index is 1210. The summed E-state index contributed by atoms with van der Waals surface area (Å²) < 4.78 is 5.58. The number of rotatable bonds is 7. The predicted octanol–water partition coefficient (Wildman–Crippen LogP) is 4.81. The SMILES string of the molecule is CCc1ccc(NC(=O)OCC2c3ccccc3-c3ccccc32)c(C(=O)N[C@@H](C)C(=O)O)c1. The van der Waals surface area contributed by atoms with Gasteiger partial charge in [-0.05, 0) is 53.3 Å². The van der Waals surface area contributed by atoms with Crippen LogP contribution in [0.2, 0.25) is 0 Å². The molecule has 0 saturated carbocycles. The highest BCUT2D eigenvalue weighted by Crippen LogP contribution is 2.44. The standard InChI is InChI=1S/C27H26N2O5/c1-3-17-12-13-24(22(14-17)25(30)28-16(2)26(31)32)29-27(33)34-15-23-20-10-6-4-8-18(20)19-9-5-7-11-21(19)23/h4-14,16,23H,3,15H2,1-2H3,(H,28,30)(H,29,33)(H,31,32)/t16-/m0/s1. The number of hydrogen-bond acceptors (Lipinski definition) is 4. The van der Waals surface area contributed by atoms with Gasteiger partial charge in [-0.3, -0.25) is 14.9 Å². The van der Waals surface area contributed by atoms with Gasteiger partial charge in [0, 0.05) is 5.92 Å². The fourth-order valence-corrected chi connectivity index (χ4v) is 4.19. The van der Waals surface area contributed by atoms with E-state index in [0.29, 0.717) is 6.42 Å². The Kier molecular flexibility index (Phi) is 6.63. The number of aryl methyl sites for hydroxylation is 1. The molecule has 0 saturated heterocycles. The summed E-state index contributed by atoms with van der Waals surface area (Å²) in [7, 11) is 0. The zero-order valence-corrected chi connectivity index (χ0v) is 19.0. The first-order valence-corrected chi connectivity index (χ1v) is 11.2. The summed E-state index contributed by atoms with van der Waals surface area (Å²) in [5.41, 5.74) is 5.79. The van der Waals surface area contributed by atoms with Crippen molar-refractivity contribution in [1.29, 1.82) is 0 Å². The van der Waals surface area contributed by atoms with Gasteiger partial charge in [-0.25, -0.2) is 4.79 Å². The van der Waals surface area contributed by atoms with Crippen LogP contribution in [-0.4, -0.2) is 35.7 Å². The molecule has 0 fully saturated rings. The van der Waals surface area contributed by atoms with Gasteiger partial charge >= 0.3 is 12.1 Å². The minimum absolute atomic E-state index is 0.0835. The normalized spacial score (nSPS) is 12.9. The lowest BCUT2D eigenvalue weighted by atomic mass is 9.98. The van der Waals surface area contributed by atoms with E-state index in [4.69, 9.17) is 9.84 Å². The van der Waals surface area contributed by atoms with Crippen LogP contribution in [-0.2, 0) is 16.0 Å². The van der Waals surface area contributed by atoms with Gasteiger partial charge in [0.1, 0.15) is 12.6 Å². The number of anilines is 1. The number of amides is 2. The Hall–Kier alpha value is -4.13. The third-order valence-electron chi connectivity index (χ3n) is 6.04. The quantitative estimate of drug-likeness (QED) is 0.471. The highest BCUT2D eigenvalue weighted by Gasteiger charge is 2.29. The van der Waals surface area contributed by atoms with Crippen molar-refractivity contribution in [2.24, 2.45) is 0 Å². The first-order chi connectivity index (χ1) is 16.4. The molecule has 174 valence electrons. The maximum Gasteiger partial charge on any atom is 0.411 e. The smallest absolute Gasteiger partial charge is 0.411 e. The molecule has 7 nitrogen and oxygen atoms in total. The zero-order valence-electron chi connectivity index (χ0n) is 19.0. The molecule has 0 aliphatic heterocycles. The van der Waals surface area contributed by atoms with E-state index >= 15 is 0 Å². The molecule has 7 heteroatoms. The van der Waals surface area contributed by atoms with Gasteiger partial charge in [0.2, 0.25) is 0 Å². The molecule has 1 atom stereocenters. The number of carbonyl (C=O) groups is 3. The third-order valence-corrected chi connectivity index (χ3v) is 6.04. The van der Waals surface area contributed by atoms with Gasteiger partial charge in [0.25, 0.3) is 5.91 Å². The highest BCUT2D eigenvalue weighted by atomic mass is 16.5. The van der Waals surface area contributed by atoms with Gasteiger partial charge in [-0.2, -0.15) is 0 Å². The summed E-state index contributed by atoms with van der Waals surface area (Å²) in [6.07, 6.45) is -0.00793. The van der Waals surface area contributed by atoms with Crippen LogP contribution < -0.4 is 10.6 Å². The van der Waals surface area contributed by atoms with Crippen molar-refractivity contribution in [3.05, 3.63) is 89.0 Å².